The van der Waals surface area contributed by atoms with Crippen LogP contribution in [-0.4, -0.2) is 96.9 Å². The number of hydrogen-bond acceptors (Lipinski definition) is 11. The second-order valence-corrected chi connectivity index (χ2v) is 11.3. The molecule has 1 saturated carbocycles. The highest BCUT2D eigenvalue weighted by Gasteiger charge is 2.48. The van der Waals surface area contributed by atoms with Crippen molar-refractivity contribution in [2.45, 2.75) is 87.9 Å². The van der Waals surface area contributed by atoms with Crippen molar-refractivity contribution in [2.75, 3.05) is 12.4 Å². The number of phenols is 2. The van der Waals surface area contributed by atoms with E-state index in [0.29, 0.717) is 5.92 Å². The number of hydrogen-bond donors (Lipinski definition) is 7. The van der Waals surface area contributed by atoms with Crippen molar-refractivity contribution in [3.63, 3.8) is 0 Å². The molecule has 1 heterocycles. The predicted molar refractivity (Wildman–Crippen MR) is 139 cm³/mol. The summed E-state index contributed by atoms with van der Waals surface area (Å²) in [7, 11) is 0. The van der Waals surface area contributed by atoms with Gasteiger partial charge in [0.15, 0.2) is 0 Å². The number of aliphatic hydroxyl groups excluding tert-OH is 4. The Morgan fingerprint density at radius 3 is 2.55 bits per heavy atom. The van der Waals surface area contributed by atoms with E-state index in [9.17, 15) is 40.2 Å². The molecule has 1 aromatic rings. The fourth-order valence-electron chi connectivity index (χ4n) is 5.12. The van der Waals surface area contributed by atoms with Crippen molar-refractivity contribution in [1.82, 2.24) is 5.32 Å². The Bertz CT molecular complexity index is 947. The number of esters is 1. The summed E-state index contributed by atoms with van der Waals surface area (Å²) in [4.78, 5) is 25.1. The summed E-state index contributed by atoms with van der Waals surface area (Å²) in [5.41, 5.74) is -1.17. The van der Waals surface area contributed by atoms with E-state index in [-0.39, 0.29) is 35.5 Å². The standard InChI is InChI=1S/C26H39NO10S/c1-3-4-14-5-6-15(11-14)24(34)27-19(13(2)28)23-21(32)20(31)22(33)26(37-23)38-10-9-36-25(35)17-8-7-16(29)12-18(17)30/h7-8,12-15,19-23,26,28-33H,3-6,9-11H2,1-2H3,(H,27,34)/t13-,14+,15+,19-,20+,21-,22-,23-,26-/m1/s1. The average molecular weight is 558 g/mol. The van der Waals surface area contributed by atoms with Crippen molar-refractivity contribution in [2.24, 2.45) is 11.8 Å². The Kier molecular flexibility index (Phi) is 11.1. The molecule has 1 aliphatic carbocycles. The number of rotatable bonds is 11. The van der Waals surface area contributed by atoms with Crippen LogP contribution in [0.4, 0.5) is 0 Å². The van der Waals surface area contributed by atoms with Crippen LogP contribution in [0.3, 0.4) is 0 Å². The van der Waals surface area contributed by atoms with E-state index < -0.39 is 53.7 Å². The molecule has 7 N–H and O–H groups in total. The zero-order valence-electron chi connectivity index (χ0n) is 21.6. The van der Waals surface area contributed by atoms with Gasteiger partial charge < -0.3 is 45.4 Å². The van der Waals surface area contributed by atoms with Gasteiger partial charge in [-0.2, -0.15) is 0 Å². The summed E-state index contributed by atoms with van der Waals surface area (Å²) in [6, 6.07) is 2.44. The van der Waals surface area contributed by atoms with E-state index in [1.165, 1.54) is 19.1 Å². The summed E-state index contributed by atoms with van der Waals surface area (Å²) in [5, 5.41) is 63.9. The van der Waals surface area contributed by atoms with Crippen LogP contribution in [0.1, 0.15) is 56.3 Å². The van der Waals surface area contributed by atoms with Crippen LogP contribution >= 0.6 is 11.8 Å². The fourth-order valence-corrected chi connectivity index (χ4v) is 6.10. The molecule has 2 fully saturated rings. The zero-order valence-corrected chi connectivity index (χ0v) is 22.4. The van der Waals surface area contributed by atoms with Crippen LogP contribution < -0.4 is 5.32 Å². The van der Waals surface area contributed by atoms with E-state index in [0.717, 1.165) is 49.9 Å². The Balaban J connectivity index is 1.57. The number of benzene rings is 1. The van der Waals surface area contributed by atoms with Crippen molar-refractivity contribution < 1.29 is 49.7 Å². The third-order valence-electron chi connectivity index (χ3n) is 7.20. The number of carbonyl (C=O) groups excluding carboxylic acids is 2. The molecule has 1 amide bonds. The Morgan fingerprint density at radius 1 is 1.16 bits per heavy atom. The zero-order chi connectivity index (χ0) is 28.0. The molecule has 0 aromatic heterocycles. The van der Waals surface area contributed by atoms with Crippen molar-refractivity contribution in [3.8, 4) is 11.5 Å². The van der Waals surface area contributed by atoms with Gasteiger partial charge in [-0.1, -0.05) is 19.8 Å². The van der Waals surface area contributed by atoms with Crippen molar-refractivity contribution in [3.05, 3.63) is 23.8 Å². The molecule has 0 unspecified atom stereocenters. The number of carbonyl (C=O) groups is 2. The second kappa shape index (κ2) is 13.8. The first-order chi connectivity index (χ1) is 18.0. The van der Waals surface area contributed by atoms with Gasteiger partial charge in [0.25, 0.3) is 0 Å². The maximum absolute atomic E-state index is 13.0. The number of nitrogens with one attached hydrogen (secondary N) is 1. The van der Waals surface area contributed by atoms with E-state index in [2.05, 4.69) is 12.2 Å². The monoisotopic (exact) mass is 557 g/mol. The molecule has 2 aliphatic rings. The minimum atomic E-state index is -1.60. The van der Waals surface area contributed by atoms with Gasteiger partial charge in [0.2, 0.25) is 5.91 Å². The van der Waals surface area contributed by atoms with Crippen LogP contribution in [0.2, 0.25) is 0 Å². The first-order valence-electron chi connectivity index (χ1n) is 13.0. The van der Waals surface area contributed by atoms with Crippen LogP contribution in [0.15, 0.2) is 18.2 Å². The van der Waals surface area contributed by atoms with E-state index in [4.69, 9.17) is 9.47 Å². The van der Waals surface area contributed by atoms with Crippen LogP contribution in [0.25, 0.3) is 0 Å². The largest absolute Gasteiger partial charge is 0.508 e. The quantitative estimate of drug-likeness (QED) is 0.151. The van der Waals surface area contributed by atoms with Crippen LogP contribution in [-0.2, 0) is 14.3 Å². The van der Waals surface area contributed by atoms with Gasteiger partial charge >= 0.3 is 5.97 Å². The Hall–Kier alpha value is -2.09. The molecule has 3 rings (SSSR count). The molecule has 0 bridgehead atoms. The highest BCUT2D eigenvalue weighted by atomic mass is 32.2. The maximum atomic E-state index is 13.0. The smallest absolute Gasteiger partial charge is 0.341 e. The molecule has 9 atom stereocenters. The number of amides is 1. The fraction of sp³-hybridized carbons (Fsp3) is 0.692. The molecule has 0 radical (unpaired) electrons. The molecule has 12 heteroatoms. The first kappa shape index (κ1) is 30.5. The molecule has 38 heavy (non-hydrogen) atoms. The predicted octanol–water partition coefficient (Wildman–Crippen LogP) is 0.877. The number of ether oxygens (including phenoxy) is 2. The summed E-state index contributed by atoms with van der Waals surface area (Å²) >= 11 is 1.02. The summed E-state index contributed by atoms with van der Waals surface area (Å²) < 4.78 is 11.0. The SMILES string of the molecule is CCC[C@H]1CC[C@H](C(=O)N[C@@H]([C@H]2O[C@H](SCCOC(=O)c3ccc(O)cc3O)[C@H](O)[C@@H](O)[C@H]2O)[C@@H](C)O)C1. The lowest BCUT2D eigenvalue weighted by molar-refractivity contribution is -0.211. The lowest BCUT2D eigenvalue weighted by atomic mass is 9.91. The molecule has 214 valence electrons. The first-order valence-corrected chi connectivity index (χ1v) is 14.1. The third-order valence-corrected chi connectivity index (χ3v) is 8.32. The summed E-state index contributed by atoms with van der Waals surface area (Å²) in [6.45, 7) is 3.43. The van der Waals surface area contributed by atoms with Gasteiger partial charge in [0.05, 0.1) is 12.1 Å². The van der Waals surface area contributed by atoms with E-state index in [1.54, 1.807) is 0 Å². The minimum absolute atomic E-state index is 0.126. The van der Waals surface area contributed by atoms with Gasteiger partial charge in [-0.3, -0.25) is 4.79 Å². The Labute approximate surface area is 226 Å². The summed E-state index contributed by atoms with van der Waals surface area (Å²) in [5.74, 6) is -1.26. The van der Waals surface area contributed by atoms with Crippen molar-refractivity contribution >= 4 is 23.6 Å². The van der Waals surface area contributed by atoms with Crippen molar-refractivity contribution in [1.29, 1.82) is 0 Å². The molecule has 1 saturated heterocycles. The average Bonchev–Trinajstić information content (AvgIpc) is 3.34. The third kappa shape index (κ3) is 7.51. The van der Waals surface area contributed by atoms with Gasteiger partial charge in [-0.15, -0.1) is 11.8 Å². The van der Waals surface area contributed by atoms with Gasteiger partial charge in [0, 0.05) is 17.7 Å². The van der Waals surface area contributed by atoms with E-state index in [1.807, 2.05) is 0 Å². The number of aliphatic hydroxyl groups is 4. The van der Waals surface area contributed by atoms with E-state index >= 15 is 0 Å². The summed E-state index contributed by atoms with van der Waals surface area (Å²) in [6.07, 6.45) is -2.35. The molecule has 11 nitrogen and oxygen atoms in total. The number of phenolic OH excluding ortho intramolecular Hbond substituents is 2. The second-order valence-electron chi connectivity index (χ2n) is 10.1. The lowest BCUT2D eigenvalue weighted by Crippen LogP contribution is -2.65. The topological polar surface area (TPSA) is 186 Å². The number of thioether (sulfide) groups is 1. The lowest BCUT2D eigenvalue weighted by Gasteiger charge is -2.44. The molecule has 0 spiro atoms. The molecule has 1 aliphatic heterocycles. The highest BCUT2D eigenvalue weighted by molar-refractivity contribution is 7.99. The molecular weight excluding hydrogens is 518 g/mol. The maximum Gasteiger partial charge on any atom is 0.341 e. The van der Waals surface area contributed by atoms with Crippen LogP contribution in [0, 0.1) is 11.8 Å². The van der Waals surface area contributed by atoms with Gasteiger partial charge in [-0.25, -0.2) is 4.79 Å². The Morgan fingerprint density at radius 2 is 1.89 bits per heavy atom. The van der Waals surface area contributed by atoms with Gasteiger partial charge in [0.1, 0.15) is 53.5 Å². The molecular formula is C26H39NO10S. The minimum Gasteiger partial charge on any atom is -0.508 e. The van der Waals surface area contributed by atoms with Crippen LogP contribution in [0.5, 0.6) is 11.5 Å². The normalized spacial score (nSPS) is 30.9. The molecule has 1 aromatic carbocycles. The van der Waals surface area contributed by atoms with Gasteiger partial charge in [-0.05, 0) is 44.2 Å². The highest BCUT2D eigenvalue weighted by Crippen LogP contribution is 2.35. The number of aromatic hydroxyl groups is 2.